The maximum atomic E-state index is 2.42. The Morgan fingerprint density at radius 3 is 2.88 bits per heavy atom. The summed E-state index contributed by atoms with van der Waals surface area (Å²) in [6.07, 6.45) is 4.87. The normalized spacial score (nSPS) is 35.2. The standard InChI is InChI=1S/C6H13NS/c1-3-4-6-5-7(6)8-2/h6H,3-5H2,1-2H3. The molecule has 2 unspecified atom stereocenters. The molecular formula is C6H13NS. The monoisotopic (exact) mass is 131 g/mol. The molecule has 0 bridgehead atoms. The van der Waals surface area contributed by atoms with Crippen LogP contribution in [0.15, 0.2) is 0 Å². The fourth-order valence-electron chi connectivity index (χ4n) is 0.953. The van der Waals surface area contributed by atoms with Gasteiger partial charge in [-0.1, -0.05) is 25.3 Å². The molecule has 0 aromatic rings. The van der Waals surface area contributed by atoms with Gasteiger partial charge >= 0.3 is 0 Å². The smallest absolute Gasteiger partial charge is 0.0339 e. The van der Waals surface area contributed by atoms with E-state index < -0.39 is 0 Å². The van der Waals surface area contributed by atoms with Gasteiger partial charge in [0, 0.05) is 12.6 Å². The predicted octanol–water partition coefficient (Wildman–Crippen LogP) is 1.75. The van der Waals surface area contributed by atoms with Crippen molar-refractivity contribution in [3.8, 4) is 0 Å². The maximum Gasteiger partial charge on any atom is 0.0339 e. The second-order valence-corrected chi connectivity index (χ2v) is 3.06. The van der Waals surface area contributed by atoms with Crippen LogP contribution in [0.2, 0.25) is 0 Å². The Hall–Kier alpha value is 0.310. The molecule has 0 saturated carbocycles. The van der Waals surface area contributed by atoms with Gasteiger partial charge in [0.15, 0.2) is 0 Å². The molecular weight excluding hydrogens is 118 g/mol. The molecule has 0 radical (unpaired) electrons. The predicted molar refractivity (Wildman–Crippen MR) is 38.9 cm³/mol. The van der Waals surface area contributed by atoms with Crippen LogP contribution in [0.4, 0.5) is 0 Å². The van der Waals surface area contributed by atoms with Crippen LogP contribution in [0.25, 0.3) is 0 Å². The van der Waals surface area contributed by atoms with E-state index in [1.807, 2.05) is 11.9 Å². The van der Waals surface area contributed by atoms with Crippen molar-refractivity contribution < 1.29 is 0 Å². The minimum Gasteiger partial charge on any atom is -0.245 e. The summed E-state index contributed by atoms with van der Waals surface area (Å²) in [5.41, 5.74) is 0. The highest BCUT2D eigenvalue weighted by molar-refractivity contribution is 7.96. The first-order valence-corrected chi connectivity index (χ1v) is 4.37. The minimum atomic E-state index is 0.926. The highest BCUT2D eigenvalue weighted by Gasteiger charge is 2.31. The third kappa shape index (κ3) is 1.39. The Morgan fingerprint density at radius 2 is 2.50 bits per heavy atom. The van der Waals surface area contributed by atoms with E-state index in [2.05, 4.69) is 17.5 Å². The largest absolute Gasteiger partial charge is 0.245 e. The van der Waals surface area contributed by atoms with Crippen LogP contribution in [0.5, 0.6) is 0 Å². The molecule has 0 aromatic carbocycles. The quantitative estimate of drug-likeness (QED) is 0.424. The topological polar surface area (TPSA) is 3.01 Å². The number of nitrogens with zero attached hydrogens (tertiary/aromatic N) is 1. The third-order valence-corrected chi connectivity index (χ3v) is 2.44. The summed E-state index contributed by atoms with van der Waals surface area (Å²) in [4.78, 5) is 0. The molecule has 1 rings (SSSR count). The second kappa shape index (κ2) is 2.74. The van der Waals surface area contributed by atoms with E-state index in [1.165, 1.54) is 19.4 Å². The Bertz CT molecular complexity index is 74.9. The summed E-state index contributed by atoms with van der Waals surface area (Å²) in [7, 11) is 0. The second-order valence-electron chi connectivity index (χ2n) is 2.22. The summed E-state index contributed by atoms with van der Waals surface area (Å²) >= 11 is 1.87. The number of hydrogen-bond donors (Lipinski definition) is 0. The van der Waals surface area contributed by atoms with Gasteiger partial charge in [-0.25, -0.2) is 4.31 Å². The lowest BCUT2D eigenvalue weighted by Crippen LogP contribution is -1.88. The van der Waals surface area contributed by atoms with Crippen LogP contribution in [0, 0.1) is 0 Å². The first-order chi connectivity index (χ1) is 3.88. The summed E-state index contributed by atoms with van der Waals surface area (Å²) < 4.78 is 2.42. The van der Waals surface area contributed by atoms with Gasteiger partial charge in [0.05, 0.1) is 0 Å². The highest BCUT2D eigenvalue weighted by atomic mass is 32.2. The van der Waals surface area contributed by atoms with Gasteiger partial charge in [-0.2, -0.15) is 0 Å². The molecule has 0 aromatic heterocycles. The molecule has 0 aliphatic carbocycles. The van der Waals surface area contributed by atoms with Gasteiger partial charge in [0.25, 0.3) is 0 Å². The van der Waals surface area contributed by atoms with Crippen molar-refractivity contribution in [2.75, 3.05) is 12.8 Å². The third-order valence-electron chi connectivity index (χ3n) is 1.52. The van der Waals surface area contributed by atoms with Gasteiger partial charge in [0.2, 0.25) is 0 Å². The average Bonchev–Trinajstić information content (AvgIpc) is 2.48. The first kappa shape index (κ1) is 6.43. The molecule has 1 saturated heterocycles. The van der Waals surface area contributed by atoms with Gasteiger partial charge in [-0.05, 0) is 12.7 Å². The Labute approximate surface area is 55.6 Å². The molecule has 0 spiro atoms. The molecule has 1 fully saturated rings. The van der Waals surface area contributed by atoms with E-state index in [0.717, 1.165) is 6.04 Å². The van der Waals surface area contributed by atoms with E-state index in [1.54, 1.807) is 0 Å². The minimum absolute atomic E-state index is 0.926. The van der Waals surface area contributed by atoms with Crippen molar-refractivity contribution in [2.24, 2.45) is 0 Å². The average molecular weight is 131 g/mol. The van der Waals surface area contributed by atoms with E-state index in [4.69, 9.17) is 0 Å². The van der Waals surface area contributed by atoms with Crippen LogP contribution >= 0.6 is 11.9 Å². The molecule has 2 heteroatoms. The van der Waals surface area contributed by atoms with Crippen LogP contribution < -0.4 is 0 Å². The van der Waals surface area contributed by atoms with E-state index in [9.17, 15) is 0 Å². The van der Waals surface area contributed by atoms with E-state index in [-0.39, 0.29) is 0 Å². The molecule has 8 heavy (non-hydrogen) atoms. The molecule has 2 atom stereocenters. The van der Waals surface area contributed by atoms with E-state index in [0.29, 0.717) is 0 Å². The van der Waals surface area contributed by atoms with Crippen LogP contribution in [0.3, 0.4) is 0 Å². The van der Waals surface area contributed by atoms with Crippen LogP contribution in [-0.2, 0) is 0 Å². The molecule has 1 nitrogen and oxygen atoms in total. The zero-order chi connectivity index (χ0) is 5.98. The molecule has 1 heterocycles. The lowest BCUT2D eigenvalue weighted by atomic mass is 10.3. The highest BCUT2D eigenvalue weighted by Crippen LogP contribution is 2.28. The van der Waals surface area contributed by atoms with Crippen molar-refractivity contribution in [2.45, 2.75) is 25.8 Å². The van der Waals surface area contributed by atoms with Gasteiger partial charge in [-0.3, -0.25) is 0 Å². The first-order valence-electron chi connectivity index (χ1n) is 3.19. The lowest BCUT2D eigenvalue weighted by molar-refractivity contribution is 0.705. The summed E-state index contributed by atoms with van der Waals surface area (Å²) in [5.74, 6) is 0. The Morgan fingerprint density at radius 1 is 1.75 bits per heavy atom. The summed E-state index contributed by atoms with van der Waals surface area (Å²) in [5, 5.41) is 0. The van der Waals surface area contributed by atoms with Crippen LogP contribution in [0.1, 0.15) is 19.8 Å². The number of rotatable bonds is 3. The zero-order valence-electron chi connectivity index (χ0n) is 5.55. The van der Waals surface area contributed by atoms with Crippen molar-refractivity contribution in [1.82, 2.24) is 4.31 Å². The van der Waals surface area contributed by atoms with Gasteiger partial charge in [-0.15, -0.1) is 0 Å². The van der Waals surface area contributed by atoms with Crippen molar-refractivity contribution >= 4 is 11.9 Å². The van der Waals surface area contributed by atoms with Crippen molar-refractivity contribution in [3.63, 3.8) is 0 Å². The fourth-order valence-corrected chi connectivity index (χ4v) is 1.68. The Balaban J connectivity index is 1.99. The number of hydrogen-bond acceptors (Lipinski definition) is 2. The zero-order valence-corrected chi connectivity index (χ0v) is 6.37. The van der Waals surface area contributed by atoms with Gasteiger partial charge in [0.1, 0.15) is 0 Å². The Kier molecular flexibility index (Phi) is 2.20. The molecule has 48 valence electrons. The summed E-state index contributed by atoms with van der Waals surface area (Å²) in [6.45, 7) is 3.58. The SMILES string of the molecule is CCCC1CN1SC. The van der Waals surface area contributed by atoms with E-state index >= 15 is 0 Å². The molecule has 1 aliphatic rings. The molecule has 0 amide bonds. The van der Waals surface area contributed by atoms with Gasteiger partial charge < -0.3 is 0 Å². The van der Waals surface area contributed by atoms with Crippen LogP contribution in [-0.4, -0.2) is 23.1 Å². The lowest BCUT2D eigenvalue weighted by Gasteiger charge is -1.93. The summed E-state index contributed by atoms with van der Waals surface area (Å²) in [6, 6.07) is 0.926. The maximum absolute atomic E-state index is 2.42. The molecule has 1 aliphatic heterocycles. The fraction of sp³-hybridized carbons (Fsp3) is 1.00. The van der Waals surface area contributed by atoms with Crippen molar-refractivity contribution in [1.29, 1.82) is 0 Å². The molecule has 0 N–H and O–H groups in total. The van der Waals surface area contributed by atoms with Crippen molar-refractivity contribution in [3.05, 3.63) is 0 Å².